The Bertz CT molecular complexity index is 274. The molecule has 1 atom stereocenters. The number of amides is 1. The first-order valence-corrected chi connectivity index (χ1v) is 6.13. The summed E-state index contributed by atoms with van der Waals surface area (Å²) in [6.07, 6.45) is 0.130. The number of nitrogens with one attached hydrogen (secondary N) is 2. The third-order valence-electron chi connectivity index (χ3n) is 2.15. The minimum absolute atomic E-state index is 0.351. The fourth-order valence-electron chi connectivity index (χ4n) is 1.13. The molecule has 0 saturated carbocycles. The summed E-state index contributed by atoms with van der Waals surface area (Å²) < 4.78 is 5.06. The van der Waals surface area contributed by atoms with Crippen LogP contribution in [0.5, 0.6) is 0 Å². The molecule has 6 nitrogen and oxygen atoms in total. The van der Waals surface area contributed by atoms with Crippen LogP contribution in [0.4, 0.5) is 4.79 Å². The highest BCUT2D eigenvalue weighted by Gasteiger charge is 2.15. The van der Waals surface area contributed by atoms with E-state index in [4.69, 9.17) is 9.84 Å². The predicted octanol–water partition coefficient (Wildman–Crippen LogP) is 1.21. The van der Waals surface area contributed by atoms with Crippen LogP contribution >= 0.6 is 0 Å². The lowest BCUT2D eigenvalue weighted by Crippen LogP contribution is -2.36. The maximum absolute atomic E-state index is 11.3. The van der Waals surface area contributed by atoms with Gasteiger partial charge >= 0.3 is 12.1 Å². The number of carboxylic acids is 1. The van der Waals surface area contributed by atoms with Crippen molar-refractivity contribution in [2.45, 2.75) is 39.7 Å². The van der Waals surface area contributed by atoms with Gasteiger partial charge in [0.1, 0.15) is 5.60 Å². The van der Waals surface area contributed by atoms with Crippen molar-refractivity contribution in [2.24, 2.45) is 5.92 Å². The Hall–Kier alpha value is -1.30. The Kier molecular flexibility index (Phi) is 7.35. The molecule has 0 aliphatic heterocycles. The largest absolute Gasteiger partial charge is 0.481 e. The minimum atomic E-state index is -0.788. The van der Waals surface area contributed by atoms with E-state index in [0.29, 0.717) is 26.1 Å². The average Bonchev–Trinajstić information content (AvgIpc) is 2.19. The molecular formula is C12H24N2O4. The van der Waals surface area contributed by atoms with Gasteiger partial charge in [0.15, 0.2) is 0 Å². The Morgan fingerprint density at radius 3 is 2.33 bits per heavy atom. The van der Waals surface area contributed by atoms with Gasteiger partial charge in [-0.25, -0.2) is 4.79 Å². The van der Waals surface area contributed by atoms with Gasteiger partial charge in [-0.05, 0) is 33.7 Å². The smallest absolute Gasteiger partial charge is 0.407 e. The molecule has 0 aromatic carbocycles. The first-order valence-electron chi connectivity index (χ1n) is 6.13. The molecule has 0 aliphatic carbocycles. The summed E-state index contributed by atoms with van der Waals surface area (Å²) in [7, 11) is 0. The standard InChI is InChI=1S/C12H24N2O4/c1-9(10(15)16)5-6-13-7-8-14-11(17)18-12(2,3)4/h9,13H,5-8H2,1-4H3,(H,14,17)(H,15,16)/t9-/m0/s1. The molecule has 0 unspecified atom stereocenters. The third-order valence-corrected chi connectivity index (χ3v) is 2.15. The van der Waals surface area contributed by atoms with Gasteiger partial charge in [0.25, 0.3) is 0 Å². The number of hydrogen-bond donors (Lipinski definition) is 3. The van der Waals surface area contributed by atoms with Gasteiger partial charge < -0.3 is 20.5 Å². The number of aliphatic carboxylic acids is 1. The fourth-order valence-corrected chi connectivity index (χ4v) is 1.13. The number of carbonyl (C=O) groups excluding carboxylic acids is 1. The van der Waals surface area contributed by atoms with Crippen molar-refractivity contribution < 1.29 is 19.4 Å². The zero-order valence-electron chi connectivity index (χ0n) is 11.6. The number of ether oxygens (including phenoxy) is 1. The zero-order valence-corrected chi connectivity index (χ0v) is 11.6. The second kappa shape index (κ2) is 7.92. The van der Waals surface area contributed by atoms with E-state index in [2.05, 4.69) is 10.6 Å². The molecular weight excluding hydrogens is 236 g/mol. The highest BCUT2D eigenvalue weighted by atomic mass is 16.6. The molecule has 0 radical (unpaired) electrons. The molecule has 6 heteroatoms. The second-order valence-electron chi connectivity index (χ2n) is 5.21. The molecule has 0 aliphatic rings. The van der Waals surface area contributed by atoms with Crippen molar-refractivity contribution in [3.05, 3.63) is 0 Å². The maximum Gasteiger partial charge on any atom is 0.407 e. The van der Waals surface area contributed by atoms with E-state index in [-0.39, 0.29) is 5.92 Å². The van der Waals surface area contributed by atoms with Crippen molar-refractivity contribution in [2.75, 3.05) is 19.6 Å². The minimum Gasteiger partial charge on any atom is -0.481 e. The maximum atomic E-state index is 11.3. The zero-order chi connectivity index (χ0) is 14.2. The number of alkyl carbamates (subject to hydrolysis) is 1. The van der Waals surface area contributed by atoms with E-state index >= 15 is 0 Å². The first kappa shape index (κ1) is 16.7. The molecule has 0 rings (SSSR count). The molecule has 0 fully saturated rings. The number of rotatable bonds is 7. The van der Waals surface area contributed by atoms with Gasteiger partial charge in [-0.15, -0.1) is 0 Å². The van der Waals surface area contributed by atoms with Crippen LogP contribution in [-0.4, -0.2) is 42.4 Å². The summed E-state index contributed by atoms with van der Waals surface area (Å²) in [4.78, 5) is 21.8. The molecule has 1 amide bonds. The van der Waals surface area contributed by atoms with E-state index in [9.17, 15) is 9.59 Å². The molecule has 0 bridgehead atoms. The summed E-state index contributed by atoms with van der Waals surface area (Å²) in [6.45, 7) is 8.74. The predicted molar refractivity (Wildman–Crippen MR) is 68.5 cm³/mol. The Morgan fingerprint density at radius 1 is 1.22 bits per heavy atom. The van der Waals surface area contributed by atoms with Gasteiger partial charge in [-0.2, -0.15) is 0 Å². The van der Waals surface area contributed by atoms with Crippen molar-refractivity contribution in [1.82, 2.24) is 10.6 Å². The summed E-state index contributed by atoms with van der Waals surface area (Å²) in [6, 6.07) is 0. The lowest BCUT2D eigenvalue weighted by Gasteiger charge is -2.19. The van der Waals surface area contributed by atoms with Crippen LogP contribution in [0, 0.1) is 5.92 Å². The first-order chi connectivity index (χ1) is 8.22. The van der Waals surface area contributed by atoms with Gasteiger partial charge in [0.2, 0.25) is 0 Å². The van der Waals surface area contributed by atoms with Crippen LogP contribution in [0.2, 0.25) is 0 Å². The van der Waals surface area contributed by atoms with E-state index < -0.39 is 17.7 Å². The normalized spacial score (nSPS) is 12.9. The Morgan fingerprint density at radius 2 is 1.83 bits per heavy atom. The van der Waals surface area contributed by atoms with Crippen molar-refractivity contribution in [3.8, 4) is 0 Å². The molecule has 18 heavy (non-hydrogen) atoms. The van der Waals surface area contributed by atoms with Crippen LogP contribution in [0.15, 0.2) is 0 Å². The SMILES string of the molecule is C[C@@H](CCNCCNC(=O)OC(C)(C)C)C(=O)O. The second-order valence-corrected chi connectivity index (χ2v) is 5.21. The van der Waals surface area contributed by atoms with E-state index in [0.717, 1.165) is 0 Å². The third kappa shape index (κ3) is 9.89. The summed E-state index contributed by atoms with van der Waals surface area (Å²) in [5, 5.41) is 14.3. The lowest BCUT2D eigenvalue weighted by molar-refractivity contribution is -0.141. The number of carbonyl (C=O) groups is 2. The van der Waals surface area contributed by atoms with Crippen LogP contribution in [0.25, 0.3) is 0 Å². The van der Waals surface area contributed by atoms with Crippen LogP contribution < -0.4 is 10.6 Å². The highest BCUT2D eigenvalue weighted by molar-refractivity contribution is 5.69. The van der Waals surface area contributed by atoms with E-state index in [1.807, 2.05) is 0 Å². The lowest BCUT2D eigenvalue weighted by atomic mass is 10.1. The summed E-state index contributed by atoms with van der Waals surface area (Å²) >= 11 is 0. The Labute approximate surface area is 108 Å². The quantitative estimate of drug-likeness (QED) is 0.599. The van der Waals surface area contributed by atoms with Crippen LogP contribution in [0.3, 0.4) is 0 Å². The monoisotopic (exact) mass is 260 g/mol. The molecule has 0 heterocycles. The van der Waals surface area contributed by atoms with E-state index in [1.165, 1.54) is 0 Å². The topological polar surface area (TPSA) is 87.7 Å². The number of hydrogen-bond acceptors (Lipinski definition) is 4. The summed E-state index contributed by atoms with van der Waals surface area (Å²) in [5.74, 6) is -1.14. The van der Waals surface area contributed by atoms with Crippen LogP contribution in [-0.2, 0) is 9.53 Å². The van der Waals surface area contributed by atoms with Gasteiger partial charge in [0, 0.05) is 13.1 Å². The molecule has 0 aromatic heterocycles. The average molecular weight is 260 g/mol. The van der Waals surface area contributed by atoms with Crippen molar-refractivity contribution >= 4 is 12.1 Å². The van der Waals surface area contributed by atoms with Crippen molar-refractivity contribution in [3.63, 3.8) is 0 Å². The molecule has 0 spiro atoms. The molecule has 0 aromatic rings. The van der Waals surface area contributed by atoms with Gasteiger partial charge in [0.05, 0.1) is 5.92 Å². The summed E-state index contributed by atoms with van der Waals surface area (Å²) in [5.41, 5.74) is -0.492. The number of carboxylic acid groups (broad SMARTS) is 1. The van der Waals surface area contributed by atoms with Crippen molar-refractivity contribution in [1.29, 1.82) is 0 Å². The molecule has 3 N–H and O–H groups in total. The van der Waals surface area contributed by atoms with Gasteiger partial charge in [-0.3, -0.25) is 4.79 Å². The molecule has 0 saturated heterocycles. The fraction of sp³-hybridized carbons (Fsp3) is 0.833. The Balaban J connectivity index is 3.46. The molecule has 106 valence electrons. The van der Waals surface area contributed by atoms with E-state index in [1.54, 1.807) is 27.7 Å². The highest BCUT2D eigenvalue weighted by Crippen LogP contribution is 2.05. The van der Waals surface area contributed by atoms with Crippen LogP contribution in [0.1, 0.15) is 34.1 Å². The van der Waals surface area contributed by atoms with Gasteiger partial charge in [-0.1, -0.05) is 6.92 Å².